The summed E-state index contributed by atoms with van der Waals surface area (Å²) >= 11 is 3.20. The minimum Gasteiger partial charge on any atom is -0.388 e. The molecule has 0 aliphatic rings. The standard InChI is InChI=1S/C12H10N2OS2/c15-10(6-12-13-2-4-17-12)8-5-11-9(14-7-8)1-3-16-11/h1-5,7,10,15H,6H2. The van der Waals surface area contributed by atoms with Crippen LogP contribution in [0.3, 0.4) is 0 Å². The van der Waals surface area contributed by atoms with Crippen LogP contribution in [0.2, 0.25) is 0 Å². The van der Waals surface area contributed by atoms with Crippen LogP contribution < -0.4 is 0 Å². The molecule has 5 heteroatoms. The molecule has 1 N–H and O–H groups in total. The van der Waals surface area contributed by atoms with Crippen LogP contribution in [0.4, 0.5) is 0 Å². The normalized spacial score (nSPS) is 13.0. The summed E-state index contributed by atoms with van der Waals surface area (Å²) in [5.74, 6) is 0. The first-order valence-corrected chi connectivity index (χ1v) is 6.98. The van der Waals surface area contributed by atoms with Gasteiger partial charge in [-0.05, 0) is 17.5 Å². The van der Waals surface area contributed by atoms with Crippen LogP contribution in [-0.4, -0.2) is 15.1 Å². The Kier molecular flexibility index (Phi) is 2.88. The van der Waals surface area contributed by atoms with E-state index in [1.54, 1.807) is 35.1 Å². The number of hydrogen-bond donors (Lipinski definition) is 1. The molecular weight excluding hydrogens is 252 g/mol. The molecule has 0 saturated heterocycles. The van der Waals surface area contributed by atoms with Crippen molar-refractivity contribution in [3.8, 4) is 0 Å². The third-order valence-corrected chi connectivity index (χ3v) is 4.22. The lowest BCUT2D eigenvalue weighted by atomic mass is 10.1. The van der Waals surface area contributed by atoms with Gasteiger partial charge in [0, 0.05) is 29.8 Å². The summed E-state index contributed by atoms with van der Waals surface area (Å²) in [6.07, 6.45) is 3.52. The number of aliphatic hydroxyl groups is 1. The second-order valence-electron chi connectivity index (χ2n) is 3.72. The number of pyridine rings is 1. The number of hydrogen-bond acceptors (Lipinski definition) is 5. The van der Waals surface area contributed by atoms with E-state index >= 15 is 0 Å². The summed E-state index contributed by atoms with van der Waals surface area (Å²) in [6, 6.07) is 3.99. The molecule has 3 heterocycles. The van der Waals surface area contributed by atoms with Crippen LogP contribution >= 0.6 is 22.7 Å². The minimum absolute atomic E-state index is 0.528. The third-order valence-electron chi connectivity index (χ3n) is 2.56. The van der Waals surface area contributed by atoms with Gasteiger partial charge in [0.1, 0.15) is 0 Å². The molecule has 3 rings (SSSR count). The second-order valence-corrected chi connectivity index (χ2v) is 5.65. The van der Waals surface area contributed by atoms with Crippen molar-refractivity contribution in [3.05, 3.63) is 45.9 Å². The van der Waals surface area contributed by atoms with E-state index in [9.17, 15) is 5.11 Å². The summed E-state index contributed by atoms with van der Waals surface area (Å²) in [4.78, 5) is 8.50. The topological polar surface area (TPSA) is 46.0 Å². The molecule has 0 saturated carbocycles. The van der Waals surface area contributed by atoms with Gasteiger partial charge in [-0.25, -0.2) is 4.98 Å². The van der Waals surface area contributed by atoms with Gasteiger partial charge in [-0.1, -0.05) is 0 Å². The number of fused-ring (bicyclic) bond motifs is 1. The van der Waals surface area contributed by atoms with Gasteiger partial charge in [0.2, 0.25) is 0 Å². The summed E-state index contributed by atoms with van der Waals surface area (Å²) in [5, 5.41) is 15.0. The van der Waals surface area contributed by atoms with E-state index in [1.165, 1.54) is 0 Å². The average Bonchev–Trinajstić information content (AvgIpc) is 2.97. The maximum absolute atomic E-state index is 10.1. The highest BCUT2D eigenvalue weighted by molar-refractivity contribution is 7.17. The van der Waals surface area contributed by atoms with Gasteiger partial charge in [-0.3, -0.25) is 4.98 Å². The van der Waals surface area contributed by atoms with E-state index in [1.807, 2.05) is 22.9 Å². The highest BCUT2D eigenvalue weighted by Gasteiger charge is 2.11. The highest BCUT2D eigenvalue weighted by Crippen LogP contribution is 2.24. The van der Waals surface area contributed by atoms with Crippen molar-refractivity contribution in [2.75, 3.05) is 0 Å². The SMILES string of the molecule is OC(Cc1nccs1)c1cnc2ccsc2c1. The Hall–Kier alpha value is -1.30. The number of rotatable bonds is 3. The largest absolute Gasteiger partial charge is 0.388 e. The van der Waals surface area contributed by atoms with E-state index in [-0.39, 0.29) is 0 Å². The zero-order valence-electron chi connectivity index (χ0n) is 8.91. The van der Waals surface area contributed by atoms with E-state index in [0.29, 0.717) is 6.42 Å². The quantitative estimate of drug-likeness (QED) is 0.789. The van der Waals surface area contributed by atoms with Crippen molar-refractivity contribution in [2.45, 2.75) is 12.5 Å². The smallest absolute Gasteiger partial charge is 0.0954 e. The monoisotopic (exact) mass is 262 g/mol. The van der Waals surface area contributed by atoms with E-state index in [4.69, 9.17) is 0 Å². The molecule has 0 aliphatic carbocycles. The second kappa shape index (κ2) is 4.52. The van der Waals surface area contributed by atoms with Crippen molar-refractivity contribution < 1.29 is 5.11 Å². The van der Waals surface area contributed by atoms with Crippen molar-refractivity contribution in [2.24, 2.45) is 0 Å². The molecule has 0 amide bonds. The molecule has 0 bridgehead atoms. The average molecular weight is 262 g/mol. The summed E-state index contributed by atoms with van der Waals surface area (Å²) < 4.78 is 1.11. The molecule has 3 aromatic rings. The Morgan fingerprint density at radius 1 is 1.24 bits per heavy atom. The van der Waals surface area contributed by atoms with Crippen LogP contribution in [0.5, 0.6) is 0 Å². The van der Waals surface area contributed by atoms with Gasteiger partial charge in [-0.15, -0.1) is 22.7 Å². The fraction of sp³-hybridized carbons (Fsp3) is 0.167. The van der Waals surface area contributed by atoms with Gasteiger partial charge in [0.25, 0.3) is 0 Å². The maximum atomic E-state index is 10.1. The van der Waals surface area contributed by atoms with Crippen LogP contribution in [0.15, 0.2) is 35.3 Å². The molecule has 0 radical (unpaired) electrons. The van der Waals surface area contributed by atoms with Gasteiger partial charge < -0.3 is 5.11 Å². The predicted octanol–water partition coefficient (Wildman–Crippen LogP) is 3.03. The molecule has 0 spiro atoms. The molecule has 86 valence electrons. The van der Waals surface area contributed by atoms with Crippen molar-refractivity contribution in [1.82, 2.24) is 9.97 Å². The number of aromatic nitrogens is 2. The first kappa shape index (κ1) is 10.8. The molecule has 0 aliphatic heterocycles. The van der Waals surface area contributed by atoms with Gasteiger partial charge >= 0.3 is 0 Å². The maximum Gasteiger partial charge on any atom is 0.0954 e. The van der Waals surface area contributed by atoms with Crippen LogP contribution in [0.25, 0.3) is 10.2 Å². The number of nitrogens with zero attached hydrogens (tertiary/aromatic N) is 2. The van der Waals surface area contributed by atoms with Crippen LogP contribution in [-0.2, 0) is 6.42 Å². The molecule has 3 aromatic heterocycles. The molecule has 1 unspecified atom stereocenters. The number of thiophene rings is 1. The first-order chi connectivity index (χ1) is 8.33. The summed E-state index contributed by atoms with van der Waals surface area (Å²) in [7, 11) is 0. The third kappa shape index (κ3) is 2.22. The Morgan fingerprint density at radius 3 is 3.00 bits per heavy atom. The lowest BCUT2D eigenvalue weighted by molar-refractivity contribution is 0.178. The van der Waals surface area contributed by atoms with Crippen LogP contribution in [0, 0.1) is 0 Å². The molecule has 0 aromatic carbocycles. The Morgan fingerprint density at radius 2 is 2.18 bits per heavy atom. The lowest BCUT2D eigenvalue weighted by Gasteiger charge is -2.08. The zero-order chi connectivity index (χ0) is 11.7. The van der Waals surface area contributed by atoms with Gasteiger partial charge in [0.15, 0.2) is 0 Å². The summed E-state index contributed by atoms with van der Waals surface area (Å²) in [5.41, 5.74) is 1.84. The lowest BCUT2D eigenvalue weighted by Crippen LogP contribution is -2.01. The van der Waals surface area contributed by atoms with Crippen LogP contribution in [0.1, 0.15) is 16.7 Å². The van der Waals surface area contributed by atoms with Crippen molar-refractivity contribution >= 4 is 32.9 Å². The van der Waals surface area contributed by atoms with Gasteiger partial charge in [-0.2, -0.15) is 0 Å². The predicted molar refractivity (Wildman–Crippen MR) is 70.4 cm³/mol. The molecule has 1 atom stereocenters. The fourth-order valence-electron chi connectivity index (χ4n) is 1.68. The molecule has 0 fully saturated rings. The first-order valence-electron chi connectivity index (χ1n) is 5.22. The minimum atomic E-state index is -0.528. The number of thiazole rings is 1. The Balaban J connectivity index is 1.87. The van der Waals surface area contributed by atoms with Crippen molar-refractivity contribution in [1.29, 1.82) is 0 Å². The zero-order valence-corrected chi connectivity index (χ0v) is 10.5. The number of aliphatic hydroxyl groups excluding tert-OH is 1. The molecule has 3 nitrogen and oxygen atoms in total. The summed E-state index contributed by atoms with van der Waals surface area (Å²) in [6.45, 7) is 0. The van der Waals surface area contributed by atoms with E-state index in [0.717, 1.165) is 20.8 Å². The Bertz CT molecular complexity index is 618. The molecular formula is C12H10N2OS2. The highest BCUT2D eigenvalue weighted by atomic mass is 32.1. The fourth-order valence-corrected chi connectivity index (χ4v) is 3.12. The van der Waals surface area contributed by atoms with Gasteiger partial charge in [0.05, 0.1) is 21.3 Å². The Labute approximate surface area is 106 Å². The van der Waals surface area contributed by atoms with Crippen molar-refractivity contribution in [3.63, 3.8) is 0 Å². The molecule has 17 heavy (non-hydrogen) atoms. The van der Waals surface area contributed by atoms with E-state index in [2.05, 4.69) is 9.97 Å². The van der Waals surface area contributed by atoms with E-state index < -0.39 is 6.10 Å².